The number of aromatic nitrogens is 2. The average molecular weight is 304 g/mol. The molecule has 4 N–H and O–H groups in total. The van der Waals surface area contributed by atoms with Gasteiger partial charge in [0.15, 0.2) is 5.69 Å². The largest absolute Gasteiger partial charge is 0.395 e. The Morgan fingerprint density at radius 1 is 1.57 bits per heavy atom. The van der Waals surface area contributed by atoms with Crippen molar-refractivity contribution in [2.75, 3.05) is 5.73 Å². The number of H-pyrrole nitrogens is 1. The number of aromatic amines is 1. The number of carbonyl (C=O) groups excluding carboxylic acids is 1. The summed E-state index contributed by atoms with van der Waals surface area (Å²) >= 11 is 1.77. The molecular weight excluding hydrogens is 284 g/mol. The van der Waals surface area contributed by atoms with Crippen molar-refractivity contribution in [1.82, 2.24) is 15.5 Å². The second-order valence-electron chi connectivity index (χ2n) is 5.77. The van der Waals surface area contributed by atoms with E-state index in [2.05, 4.69) is 27.0 Å². The van der Waals surface area contributed by atoms with Gasteiger partial charge in [-0.25, -0.2) is 0 Å². The molecule has 0 spiro atoms. The lowest BCUT2D eigenvalue weighted by Gasteiger charge is -2.23. The number of thiophene rings is 1. The summed E-state index contributed by atoms with van der Waals surface area (Å²) in [6, 6.07) is 2.18. The molecule has 1 aliphatic rings. The third kappa shape index (κ3) is 2.55. The second-order valence-corrected chi connectivity index (χ2v) is 6.77. The molecular formula is C15H20N4OS. The van der Waals surface area contributed by atoms with Crippen LogP contribution in [0.5, 0.6) is 0 Å². The molecule has 1 aliphatic carbocycles. The topological polar surface area (TPSA) is 83.8 Å². The Balaban J connectivity index is 1.79. The molecule has 0 saturated carbocycles. The molecule has 6 heteroatoms. The third-order valence-electron chi connectivity index (χ3n) is 3.98. The molecule has 0 aromatic carbocycles. The van der Waals surface area contributed by atoms with Crippen molar-refractivity contribution in [1.29, 1.82) is 0 Å². The van der Waals surface area contributed by atoms with Gasteiger partial charge in [0, 0.05) is 4.88 Å². The standard InChI is InChI=1S/C15H20N4OS/c1-8(2)13-12(16)14(19-18-13)15(20)17-10-4-3-5-11-9(10)6-7-21-11/h6-8,10H,3-5,16H2,1-2H3,(H,17,20)(H,18,19). The number of carbonyl (C=O) groups is 1. The molecule has 0 aliphatic heterocycles. The maximum absolute atomic E-state index is 12.4. The Bertz CT molecular complexity index is 658. The molecule has 112 valence electrons. The first-order chi connectivity index (χ1) is 10.1. The van der Waals surface area contributed by atoms with E-state index in [1.165, 1.54) is 10.4 Å². The Kier molecular flexibility index (Phi) is 3.71. The molecule has 0 saturated heterocycles. The predicted octanol–water partition coefficient (Wildman–Crippen LogP) is 2.98. The van der Waals surface area contributed by atoms with Gasteiger partial charge in [0.05, 0.1) is 17.4 Å². The van der Waals surface area contributed by atoms with E-state index in [9.17, 15) is 4.79 Å². The normalized spacial score (nSPS) is 17.8. The summed E-state index contributed by atoms with van der Waals surface area (Å²) in [7, 11) is 0. The highest BCUT2D eigenvalue weighted by Crippen LogP contribution is 2.33. The first-order valence-corrected chi connectivity index (χ1v) is 8.16. The van der Waals surface area contributed by atoms with Crippen LogP contribution in [-0.4, -0.2) is 16.1 Å². The summed E-state index contributed by atoms with van der Waals surface area (Å²) < 4.78 is 0. The van der Waals surface area contributed by atoms with Gasteiger partial charge in [0.2, 0.25) is 0 Å². The molecule has 3 rings (SSSR count). The van der Waals surface area contributed by atoms with Crippen LogP contribution in [0.4, 0.5) is 5.69 Å². The number of rotatable bonds is 3. The molecule has 2 heterocycles. The zero-order valence-electron chi connectivity index (χ0n) is 12.3. The zero-order valence-corrected chi connectivity index (χ0v) is 13.1. The number of nitrogens with one attached hydrogen (secondary N) is 2. The number of nitrogen functional groups attached to an aromatic ring is 1. The lowest BCUT2D eigenvalue weighted by atomic mass is 9.94. The van der Waals surface area contributed by atoms with Gasteiger partial charge in [-0.3, -0.25) is 9.89 Å². The van der Waals surface area contributed by atoms with Crippen molar-refractivity contribution in [2.24, 2.45) is 0 Å². The Hall–Kier alpha value is -1.82. The van der Waals surface area contributed by atoms with Crippen LogP contribution < -0.4 is 11.1 Å². The quantitative estimate of drug-likeness (QED) is 0.815. The molecule has 2 aromatic rings. The molecule has 1 amide bonds. The van der Waals surface area contributed by atoms with Gasteiger partial charge in [-0.2, -0.15) is 5.10 Å². The first kappa shape index (κ1) is 14.1. The van der Waals surface area contributed by atoms with E-state index in [0.717, 1.165) is 25.0 Å². The van der Waals surface area contributed by atoms with Gasteiger partial charge in [-0.15, -0.1) is 11.3 Å². The van der Waals surface area contributed by atoms with E-state index in [1.54, 1.807) is 11.3 Å². The van der Waals surface area contributed by atoms with E-state index in [-0.39, 0.29) is 17.9 Å². The summed E-state index contributed by atoms with van der Waals surface area (Å²) in [5.74, 6) is 0.0249. The number of anilines is 1. The van der Waals surface area contributed by atoms with Crippen molar-refractivity contribution >= 4 is 22.9 Å². The average Bonchev–Trinajstić information content (AvgIpc) is 3.05. The van der Waals surface area contributed by atoms with Crippen molar-refractivity contribution < 1.29 is 4.79 Å². The van der Waals surface area contributed by atoms with Crippen molar-refractivity contribution in [3.63, 3.8) is 0 Å². The van der Waals surface area contributed by atoms with Crippen LogP contribution >= 0.6 is 11.3 Å². The zero-order chi connectivity index (χ0) is 15.0. The smallest absolute Gasteiger partial charge is 0.274 e. The minimum absolute atomic E-state index is 0.0751. The van der Waals surface area contributed by atoms with Crippen LogP contribution in [0, 0.1) is 0 Å². The van der Waals surface area contributed by atoms with E-state index >= 15 is 0 Å². The fourth-order valence-electron chi connectivity index (χ4n) is 2.84. The summed E-state index contributed by atoms with van der Waals surface area (Å²) in [6.07, 6.45) is 3.18. The van der Waals surface area contributed by atoms with Crippen LogP contribution in [0.3, 0.4) is 0 Å². The molecule has 2 aromatic heterocycles. The summed E-state index contributed by atoms with van der Waals surface area (Å²) in [6.45, 7) is 4.04. The van der Waals surface area contributed by atoms with Gasteiger partial charge < -0.3 is 11.1 Å². The lowest BCUT2D eigenvalue weighted by Crippen LogP contribution is -2.31. The Morgan fingerprint density at radius 2 is 2.38 bits per heavy atom. The number of amides is 1. The van der Waals surface area contributed by atoms with E-state index in [0.29, 0.717) is 11.4 Å². The molecule has 0 bridgehead atoms. The number of nitrogens with zero attached hydrogens (tertiary/aromatic N) is 1. The molecule has 1 atom stereocenters. The highest BCUT2D eigenvalue weighted by Gasteiger charge is 2.25. The third-order valence-corrected chi connectivity index (χ3v) is 4.98. The van der Waals surface area contributed by atoms with Crippen molar-refractivity contribution in [3.8, 4) is 0 Å². The number of hydrogen-bond donors (Lipinski definition) is 3. The monoisotopic (exact) mass is 304 g/mol. The SMILES string of the molecule is CC(C)c1[nH]nc(C(=O)NC2CCCc3sccc32)c1N. The van der Waals surface area contributed by atoms with Crippen LogP contribution in [0.2, 0.25) is 0 Å². The van der Waals surface area contributed by atoms with Crippen molar-refractivity contribution in [3.05, 3.63) is 33.3 Å². The summed E-state index contributed by atoms with van der Waals surface area (Å²) in [5.41, 5.74) is 8.87. The minimum atomic E-state index is -0.195. The van der Waals surface area contributed by atoms with Crippen LogP contribution in [-0.2, 0) is 6.42 Å². The van der Waals surface area contributed by atoms with Crippen LogP contribution in [0.15, 0.2) is 11.4 Å². The summed E-state index contributed by atoms with van der Waals surface area (Å²) in [5, 5.41) is 12.1. The van der Waals surface area contributed by atoms with E-state index in [4.69, 9.17) is 5.73 Å². The predicted molar refractivity (Wildman–Crippen MR) is 84.6 cm³/mol. The molecule has 5 nitrogen and oxygen atoms in total. The lowest BCUT2D eigenvalue weighted by molar-refractivity contribution is 0.0928. The molecule has 1 unspecified atom stereocenters. The molecule has 21 heavy (non-hydrogen) atoms. The fraction of sp³-hybridized carbons (Fsp3) is 0.467. The Labute approximate surface area is 127 Å². The number of hydrogen-bond acceptors (Lipinski definition) is 4. The second kappa shape index (κ2) is 5.52. The van der Waals surface area contributed by atoms with Gasteiger partial charge in [0.1, 0.15) is 0 Å². The van der Waals surface area contributed by atoms with Gasteiger partial charge in [0.25, 0.3) is 5.91 Å². The van der Waals surface area contributed by atoms with E-state index < -0.39 is 0 Å². The number of aryl methyl sites for hydroxylation is 1. The number of nitrogens with two attached hydrogens (primary N) is 1. The van der Waals surface area contributed by atoms with Crippen molar-refractivity contribution in [2.45, 2.75) is 45.1 Å². The Morgan fingerprint density at radius 3 is 3.10 bits per heavy atom. The molecule has 0 fully saturated rings. The number of fused-ring (bicyclic) bond motifs is 1. The van der Waals surface area contributed by atoms with Crippen LogP contribution in [0.1, 0.15) is 65.3 Å². The highest BCUT2D eigenvalue weighted by molar-refractivity contribution is 7.10. The van der Waals surface area contributed by atoms with E-state index in [1.807, 2.05) is 13.8 Å². The van der Waals surface area contributed by atoms with Gasteiger partial charge >= 0.3 is 0 Å². The maximum Gasteiger partial charge on any atom is 0.274 e. The van der Waals surface area contributed by atoms with Gasteiger partial charge in [-0.05, 0) is 42.2 Å². The van der Waals surface area contributed by atoms with Gasteiger partial charge in [-0.1, -0.05) is 13.8 Å². The highest BCUT2D eigenvalue weighted by atomic mass is 32.1. The molecule has 0 radical (unpaired) electrons. The fourth-order valence-corrected chi connectivity index (χ4v) is 3.83. The minimum Gasteiger partial charge on any atom is -0.395 e. The van der Waals surface area contributed by atoms with Crippen LogP contribution in [0.25, 0.3) is 0 Å². The summed E-state index contributed by atoms with van der Waals surface area (Å²) in [4.78, 5) is 13.8. The maximum atomic E-state index is 12.4. The first-order valence-electron chi connectivity index (χ1n) is 7.28.